The predicted octanol–water partition coefficient (Wildman–Crippen LogP) is 1.48. The minimum Gasteiger partial charge on any atom is -0.369 e. The molecule has 1 aromatic rings. The largest absolute Gasteiger partial charge is 0.369 e. The minimum atomic E-state index is -0.312. The molecule has 0 radical (unpaired) electrons. The predicted molar refractivity (Wildman–Crippen MR) is 68.3 cm³/mol. The van der Waals surface area contributed by atoms with Crippen molar-refractivity contribution in [2.75, 3.05) is 6.54 Å². The van der Waals surface area contributed by atoms with E-state index < -0.39 is 0 Å². The molecule has 2 N–H and O–H groups in total. The van der Waals surface area contributed by atoms with Crippen LogP contribution in [0.5, 0.6) is 0 Å². The van der Waals surface area contributed by atoms with Gasteiger partial charge in [-0.15, -0.1) is 0 Å². The molecule has 0 saturated carbocycles. The van der Waals surface area contributed by atoms with E-state index in [0.717, 1.165) is 11.3 Å². The lowest BCUT2D eigenvalue weighted by molar-refractivity contribution is -0.120. The van der Waals surface area contributed by atoms with Gasteiger partial charge in [-0.2, -0.15) is 0 Å². The van der Waals surface area contributed by atoms with E-state index in [1.54, 1.807) is 6.20 Å². The van der Waals surface area contributed by atoms with Crippen LogP contribution < -0.4 is 5.73 Å². The topological polar surface area (TPSA) is 59.2 Å². The molecular formula is C13H21N3O. The molecule has 0 fully saturated rings. The third-order valence-electron chi connectivity index (χ3n) is 2.75. The van der Waals surface area contributed by atoms with Crippen molar-refractivity contribution < 1.29 is 4.79 Å². The van der Waals surface area contributed by atoms with Crippen molar-refractivity contribution in [1.82, 2.24) is 9.88 Å². The first-order valence-electron chi connectivity index (χ1n) is 5.74. The van der Waals surface area contributed by atoms with Gasteiger partial charge in [-0.05, 0) is 39.3 Å². The molecule has 0 aromatic carbocycles. The smallest absolute Gasteiger partial charge is 0.231 e. The lowest BCUT2D eigenvalue weighted by atomic mass is 10.0. The van der Waals surface area contributed by atoms with Crippen LogP contribution in [0.25, 0.3) is 0 Å². The van der Waals surface area contributed by atoms with Crippen LogP contribution in [0.1, 0.15) is 32.0 Å². The van der Waals surface area contributed by atoms with E-state index in [1.807, 2.05) is 24.0 Å². The number of carbonyl (C=O) groups is 1. The Morgan fingerprint density at radius 1 is 1.47 bits per heavy atom. The molecule has 1 heterocycles. The number of rotatable bonds is 4. The summed E-state index contributed by atoms with van der Waals surface area (Å²) in [6.07, 6.45) is 1.77. The van der Waals surface area contributed by atoms with Gasteiger partial charge in [-0.3, -0.25) is 14.7 Å². The van der Waals surface area contributed by atoms with Gasteiger partial charge in [-0.1, -0.05) is 6.07 Å². The Balaban J connectivity index is 2.87. The van der Waals surface area contributed by atoms with Gasteiger partial charge >= 0.3 is 0 Å². The zero-order valence-electron chi connectivity index (χ0n) is 11.0. The van der Waals surface area contributed by atoms with Crippen molar-refractivity contribution in [1.29, 1.82) is 0 Å². The molecule has 4 nitrogen and oxygen atoms in total. The number of pyridine rings is 1. The maximum Gasteiger partial charge on any atom is 0.231 e. The number of primary amides is 1. The summed E-state index contributed by atoms with van der Waals surface area (Å²) in [6.45, 7) is 9.10. The van der Waals surface area contributed by atoms with Crippen molar-refractivity contribution in [3.05, 3.63) is 29.6 Å². The fourth-order valence-corrected chi connectivity index (χ4v) is 1.58. The molecule has 0 spiro atoms. The normalized spacial score (nSPS) is 11.8. The SMILES string of the molecule is Cc1cccnc1CN(CC(N)=O)C(C)(C)C. The Morgan fingerprint density at radius 2 is 2.12 bits per heavy atom. The Bertz CT molecular complexity index is 396. The van der Waals surface area contributed by atoms with Gasteiger partial charge in [0.05, 0.1) is 12.2 Å². The summed E-state index contributed by atoms with van der Waals surface area (Å²) >= 11 is 0. The van der Waals surface area contributed by atoms with Gasteiger partial charge in [0.1, 0.15) is 0 Å². The first-order chi connectivity index (χ1) is 7.80. The molecule has 0 aliphatic rings. The number of aromatic nitrogens is 1. The Morgan fingerprint density at radius 3 is 2.59 bits per heavy atom. The molecule has 4 heteroatoms. The van der Waals surface area contributed by atoms with Crippen molar-refractivity contribution in [3.8, 4) is 0 Å². The van der Waals surface area contributed by atoms with Crippen LogP contribution in [-0.2, 0) is 11.3 Å². The molecule has 0 unspecified atom stereocenters. The number of hydrogen-bond acceptors (Lipinski definition) is 3. The standard InChI is InChI=1S/C13H21N3O/c1-10-6-5-7-15-11(10)8-16(9-12(14)17)13(2,3)4/h5-7H,8-9H2,1-4H3,(H2,14,17). The Labute approximate surface area is 103 Å². The second kappa shape index (κ2) is 5.27. The monoisotopic (exact) mass is 235 g/mol. The summed E-state index contributed by atoms with van der Waals surface area (Å²) in [5.74, 6) is -0.312. The van der Waals surface area contributed by atoms with E-state index in [9.17, 15) is 4.79 Å². The van der Waals surface area contributed by atoms with E-state index in [1.165, 1.54) is 0 Å². The highest BCUT2D eigenvalue weighted by atomic mass is 16.1. The molecule has 1 amide bonds. The number of amides is 1. The van der Waals surface area contributed by atoms with Crippen LogP contribution in [0.2, 0.25) is 0 Å². The molecule has 0 aliphatic carbocycles. The lowest BCUT2D eigenvalue weighted by Gasteiger charge is -2.34. The van der Waals surface area contributed by atoms with Gasteiger partial charge in [0.2, 0.25) is 5.91 Å². The number of nitrogens with zero attached hydrogens (tertiary/aromatic N) is 2. The summed E-state index contributed by atoms with van der Waals surface area (Å²) < 4.78 is 0. The molecule has 1 rings (SSSR count). The third-order valence-corrected chi connectivity index (χ3v) is 2.75. The summed E-state index contributed by atoms with van der Waals surface area (Å²) in [7, 11) is 0. The maximum atomic E-state index is 11.1. The second-order valence-corrected chi connectivity index (χ2v) is 5.26. The Kier molecular flexibility index (Phi) is 4.23. The summed E-state index contributed by atoms with van der Waals surface area (Å²) in [4.78, 5) is 17.5. The number of hydrogen-bond donors (Lipinski definition) is 1. The van der Waals surface area contributed by atoms with Crippen molar-refractivity contribution in [2.45, 2.75) is 39.8 Å². The quantitative estimate of drug-likeness (QED) is 0.860. The second-order valence-electron chi connectivity index (χ2n) is 5.26. The summed E-state index contributed by atoms with van der Waals surface area (Å²) in [5.41, 5.74) is 7.29. The molecule has 0 bridgehead atoms. The molecule has 94 valence electrons. The third kappa shape index (κ3) is 4.15. The minimum absolute atomic E-state index is 0.112. The molecule has 17 heavy (non-hydrogen) atoms. The highest BCUT2D eigenvalue weighted by Crippen LogP contribution is 2.17. The first kappa shape index (κ1) is 13.6. The first-order valence-corrected chi connectivity index (χ1v) is 5.74. The van der Waals surface area contributed by atoms with Gasteiger partial charge in [-0.25, -0.2) is 0 Å². The van der Waals surface area contributed by atoms with Crippen molar-refractivity contribution >= 4 is 5.91 Å². The highest BCUT2D eigenvalue weighted by Gasteiger charge is 2.23. The Hall–Kier alpha value is -1.42. The zero-order chi connectivity index (χ0) is 13.1. The fraction of sp³-hybridized carbons (Fsp3) is 0.538. The zero-order valence-corrected chi connectivity index (χ0v) is 11.0. The number of carbonyl (C=O) groups excluding carboxylic acids is 1. The summed E-state index contributed by atoms with van der Waals surface area (Å²) in [6, 6.07) is 3.93. The molecule has 0 saturated heterocycles. The van der Waals surface area contributed by atoms with E-state index in [4.69, 9.17) is 5.73 Å². The van der Waals surface area contributed by atoms with E-state index in [2.05, 4.69) is 25.8 Å². The van der Waals surface area contributed by atoms with E-state index in [-0.39, 0.29) is 18.0 Å². The van der Waals surface area contributed by atoms with Crippen molar-refractivity contribution in [2.24, 2.45) is 5.73 Å². The van der Waals surface area contributed by atoms with Crippen LogP contribution >= 0.6 is 0 Å². The van der Waals surface area contributed by atoms with Gasteiger partial charge < -0.3 is 5.73 Å². The van der Waals surface area contributed by atoms with Gasteiger partial charge in [0.15, 0.2) is 0 Å². The van der Waals surface area contributed by atoms with E-state index >= 15 is 0 Å². The molecule has 0 atom stereocenters. The molecule has 1 aromatic heterocycles. The highest BCUT2D eigenvalue weighted by molar-refractivity contribution is 5.76. The van der Waals surface area contributed by atoms with Crippen LogP contribution in [0, 0.1) is 6.92 Å². The lowest BCUT2D eigenvalue weighted by Crippen LogP contribution is -2.45. The van der Waals surface area contributed by atoms with Crippen LogP contribution in [-0.4, -0.2) is 27.9 Å². The number of nitrogens with two attached hydrogens (primary N) is 1. The van der Waals surface area contributed by atoms with E-state index in [0.29, 0.717) is 6.54 Å². The van der Waals surface area contributed by atoms with Gasteiger partial charge in [0.25, 0.3) is 0 Å². The number of aryl methyl sites for hydroxylation is 1. The maximum absolute atomic E-state index is 11.1. The molecular weight excluding hydrogens is 214 g/mol. The fourth-order valence-electron chi connectivity index (χ4n) is 1.58. The average Bonchev–Trinajstić information content (AvgIpc) is 2.18. The van der Waals surface area contributed by atoms with Crippen LogP contribution in [0.4, 0.5) is 0 Å². The average molecular weight is 235 g/mol. The summed E-state index contributed by atoms with van der Waals surface area (Å²) in [5, 5.41) is 0. The van der Waals surface area contributed by atoms with Gasteiger partial charge in [0, 0.05) is 18.3 Å². The van der Waals surface area contributed by atoms with Crippen LogP contribution in [0.3, 0.4) is 0 Å². The van der Waals surface area contributed by atoms with Crippen molar-refractivity contribution in [3.63, 3.8) is 0 Å². The molecule has 0 aliphatic heterocycles. The van der Waals surface area contributed by atoms with Crippen LogP contribution in [0.15, 0.2) is 18.3 Å².